The van der Waals surface area contributed by atoms with E-state index in [4.69, 9.17) is 4.42 Å². The molecule has 3 aromatic rings. The molecule has 0 bridgehead atoms. The average Bonchev–Trinajstić information content (AvgIpc) is 2.98. The van der Waals surface area contributed by atoms with Crippen molar-refractivity contribution < 1.29 is 4.42 Å². The summed E-state index contributed by atoms with van der Waals surface area (Å²) in [5.41, 5.74) is 3.73. The first-order valence-corrected chi connectivity index (χ1v) is 8.28. The largest absolute Gasteiger partial charge is 0.423 e. The van der Waals surface area contributed by atoms with Gasteiger partial charge in [0.2, 0.25) is 0 Å². The summed E-state index contributed by atoms with van der Waals surface area (Å²) in [6, 6.07) is 9.85. The maximum atomic E-state index is 11.7. The van der Waals surface area contributed by atoms with Gasteiger partial charge in [0.25, 0.3) is 0 Å². The van der Waals surface area contributed by atoms with Crippen molar-refractivity contribution in [2.24, 2.45) is 0 Å². The first-order chi connectivity index (χ1) is 10.6. The minimum absolute atomic E-state index is 0.286. The van der Waals surface area contributed by atoms with E-state index in [1.807, 2.05) is 13.0 Å². The summed E-state index contributed by atoms with van der Waals surface area (Å²) in [7, 11) is 0. The molecular formula is C18H19NO2S. The Labute approximate surface area is 133 Å². The van der Waals surface area contributed by atoms with Crippen LogP contribution in [-0.4, -0.2) is 6.54 Å². The third-order valence-corrected chi connectivity index (χ3v) is 4.82. The lowest BCUT2D eigenvalue weighted by Crippen LogP contribution is -2.17. The highest BCUT2D eigenvalue weighted by Crippen LogP contribution is 2.21. The van der Waals surface area contributed by atoms with E-state index in [1.165, 1.54) is 10.4 Å². The molecule has 0 atom stereocenters. The topological polar surface area (TPSA) is 42.2 Å². The van der Waals surface area contributed by atoms with E-state index in [1.54, 1.807) is 17.4 Å². The third-order valence-electron chi connectivity index (χ3n) is 3.89. The van der Waals surface area contributed by atoms with Crippen molar-refractivity contribution in [1.82, 2.24) is 5.32 Å². The van der Waals surface area contributed by atoms with Gasteiger partial charge in [0, 0.05) is 29.4 Å². The fraction of sp³-hybridized carbons (Fsp3) is 0.278. The Hall–Kier alpha value is -1.91. The number of hydrogen-bond donors (Lipinski definition) is 1. The molecule has 0 spiro atoms. The van der Waals surface area contributed by atoms with E-state index in [-0.39, 0.29) is 5.63 Å². The van der Waals surface area contributed by atoms with Gasteiger partial charge in [-0.15, -0.1) is 11.3 Å². The van der Waals surface area contributed by atoms with Crippen LogP contribution in [0.4, 0.5) is 0 Å². The summed E-state index contributed by atoms with van der Waals surface area (Å²) in [5, 5.41) is 6.53. The molecule has 22 heavy (non-hydrogen) atoms. The highest BCUT2D eigenvalue weighted by atomic mass is 32.1. The molecule has 0 aliphatic carbocycles. The average molecular weight is 313 g/mol. The number of hydrogen-bond acceptors (Lipinski definition) is 4. The molecule has 3 rings (SSSR count). The van der Waals surface area contributed by atoms with Crippen molar-refractivity contribution in [3.05, 3.63) is 67.7 Å². The lowest BCUT2D eigenvalue weighted by atomic mass is 10.0. The molecule has 0 saturated heterocycles. The summed E-state index contributed by atoms with van der Waals surface area (Å²) in [6.45, 7) is 5.68. The van der Waals surface area contributed by atoms with E-state index in [0.717, 1.165) is 29.5 Å². The Morgan fingerprint density at radius 3 is 2.77 bits per heavy atom. The summed E-state index contributed by atoms with van der Waals surface area (Å²) in [4.78, 5) is 13.1. The SMILES string of the molecule is Cc1cc2oc(=O)cc(CNCCc3cccs3)c2cc1C. The second-order valence-electron chi connectivity index (χ2n) is 5.53. The van der Waals surface area contributed by atoms with Crippen LogP contribution in [0.25, 0.3) is 11.0 Å². The lowest BCUT2D eigenvalue weighted by molar-refractivity contribution is 0.556. The Morgan fingerprint density at radius 2 is 2.00 bits per heavy atom. The zero-order chi connectivity index (χ0) is 15.5. The van der Waals surface area contributed by atoms with Gasteiger partial charge in [0.05, 0.1) is 0 Å². The first kappa shape index (κ1) is 15.0. The summed E-state index contributed by atoms with van der Waals surface area (Å²) >= 11 is 1.77. The maximum absolute atomic E-state index is 11.7. The van der Waals surface area contributed by atoms with Crippen LogP contribution in [0.1, 0.15) is 21.6 Å². The highest BCUT2D eigenvalue weighted by Gasteiger charge is 2.07. The van der Waals surface area contributed by atoms with E-state index in [0.29, 0.717) is 12.1 Å². The van der Waals surface area contributed by atoms with Gasteiger partial charge in [-0.3, -0.25) is 0 Å². The molecule has 0 aliphatic rings. The summed E-state index contributed by atoms with van der Waals surface area (Å²) in [5.74, 6) is 0. The van der Waals surface area contributed by atoms with Crippen LogP contribution in [0.15, 0.2) is 44.9 Å². The lowest BCUT2D eigenvalue weighted by Gasteiger charge is -2.09. The molecule has 4 heteroatoms. The second kappa shape index (κ2) is 6.46. The fourth-order valence-corrected chi connectivity index (χ4v) is 3.23. The number of aryl methyl sites for hydroxylation is 2. The standard InChI is InChI=1S/C18H19NO2S/c1-12-8-16-14(10-18(20)21-17(16)9-13(12)2)11-19-6-5-15-4-3-7-22-15/h3-4,7-10,19H,5-6,11H2,1-2H3. The van der Waals surface area contributed by atoms with Crippen LogP contribution in [-0.2, 0) is 13.0 Å². The molecule has 1 aromatic carbocycles. The Bertz CT molecular complexity index is 834. The molecule has 0 amide bonds. The van der Waals surface area contributed by atoms with Crippen LogP contribution in [0.5, 0.6) is 0 Å². The van der Waals surface area contributed by atoms with Gasteiger partial charge in [-0.2, -0.15) is 0 Å². The first-order valence-electron chi connectivity index (χ1n) is 7.40. The maximum Gasteiger partial charge on any atom is 0.336 e. The predicted molar refractivity (Wildman–Crippen MR) is 91.7 cm³/mol. The van der Waals surface area contributed by atoms with E-state index >= 15 is 0 Å². The summed E-state index contributed by atoms with van der Waals surface area (Å²) in [6.07, 6.45) is 1.01. The zero-order valence-corrected chi connectivity index (χ0v) is 13.6. The van der Waals surface area contributed by atoms with Crippen LogP contribution in [0, 0.1) is 13.8 Å². The van der Waals surface area contributed by atoms with Gasteiger partial charge in [-0.1, -0.05) is 6.07 Å². The molecule has 2 heterocycles. The normalized spacial score (nSPS) is 11.2. The van der Waals surface area contributed by atoms with Crippen molar-refractivity contribution in [3.63, 3.8) is 0 Å². The minimum Gasteiger partial charge on any atom is -0.423 e. The van der Waals surface area contributed by atoms with E-state index in [9.17, 15) is 4.79 Å². The van der Waals surface area contributed by atoms with Crippen molar-refractivity contribution in [3.8, 4) is 0 Å². The predicted octanol–water partition coefficient (Wildman–Crippen LogP) is 3.80. The van der Waals surface area contributed by atoms with Crippen molar-refractivity contribution >= 4 is 22.3 Å². The molecule has 2 aromatic heterocycles. The number of benzene rings is 1. The zero-order valence-electron chi connectivity index (χ0n) is 12.8. The van der Waals surface area contributed by atoms with Gasteiger partial charge in [-0.05, 0) is 60.5 Å². The molecule has 1 N–H and O–H groups in total. The molecule has 0 unspecified atom stereocenters. The monoisotopic (exact) mass is 313 g/mol. The Balaban J connectivity index is 1.77. The summed E-state index contributed by atoms with van der Waals surface area (Å²) < 4.78 is 5.32. The van der Waals surface area contributed by atoms with E-state index in [2.05, 4.69) is 35.8 Å². The van der Waals surface area contributed by atoms with Crippen molar-refractivity contribution in [2.75, 3.05) is 6.54 Å². The van der Waals surface area contributed by atoms with Crippen molar-refractivity contribution in [1.29, 1.82) is 0 Å². The Morgan fingerprint density at radius 1 is 1.18 bits per heavy atom. The number of thiophene rings is 1. The number of nitrogens with one attached hydrogen (secondary N) is 1. The van der Waals surface area contributed by atoms with Crippen LogP contribution >= 0.6 is 11.3 Å². The molecule has 0 fully saturated rings. The van der Waals surface area contributed by atoms with Gasteiger partial charge < -0.3 is 9.73 Å². The molecule has 0 aliphatic heterocycles. The Kier molecular flexibility index (Phi) is 4.41. The third kappa shape index (κ3) is 3.29. The molecule has 3 nitrogen and oxygen atoms in total. The number of rotatable bonds is 5. The van der Waals surface area contributed by atoms with Gasteiger partial charge in [-0.25, -0.2) is 4.79 Å². The smallest absolute Gasteiger partial charge is 0.336 e. The molecular weight excluding hydrogens is 294 g/mol. The molecule has 0 saturated carbocycles. The molecule has 0 radical (unpaired) electrons. The van der Waals surface area contributed by atoms with Gasteiger partial charge in [0.15, 0.2) is 0 Å². The van der Waals surface area contributed by atoms with Crippen molar-refractivity contribution in [2.45, 2.75) is 26.8 Å². The highest BCUT2D eigenvalue weighted by molar-refractivity contribution is 7.09. The van der Waals surface area contributed by atoms with Crippen LogP contribution in [0.2, 0.25) is 0 Å². The van der Waals surface area contributed by atoms with Crippen LogP contribution < -0.4 is 10.9 Å². The molecule has 114 valence electrons. The van der Waals surface area contributed by atoms with E-state index < -0.39 is 0 Å². The van der Waals surface area contributed by atoms with Crippen LogP contribution in [0.3, 0.4) is 0 Å². The second-order valence-corrected chi connectivity index (χ2v) is 6.56. The van der Waals surface area contributed by atoms with Gasteiger partial charge in [0.1, 0.15) is 5.58 Å². The fourth-order valence-electron chi connectivity index (χ4n) is 2.52. The minimum atomic E-state index is -0.286. The van der Waals surface area contributed by atoms with Gasteiger partial charge >= 0.3 is 5.63 Å². The number of fused-ring (bicyclic) bond motifs is 1. The quantitative estimate of drug-likeness (QED) is 0.575.